The monoisotopic (exact) mass is 309 g/mol. The van der Waals surface area contributed by atoms with Gasteiger partial charge in [-0.2, -0.15) is 0 Å². The predicted molar refractivity (Wildman–Crippen MR) is 88.3 cm³/mol. The molecule has 4 nitrogen and oxygen atoms in total. The molecular weight excluding hydrogens is 286 g/mol. The van der Waals surface area contributed by atoms with E-state index in [0.717, 1.165) is 37.6 Å². The van der Waals surface area contributed by atoms with Crippen LogP contribution in [0.5, 0.6) is 0 Å². The van der Waals surface area contributed by atoms with Crippen LogP contribution in [0.1, 0.15) is 25.8 Å². The van der Waals surface area contributed by atoms with Crippen LogP contribution in [-0.4, -0.2) is 43.2 Å². The molecule has 2 rings (SSSR count). The summed E-state index contributed by atoms with van der Waals surface area (Å²) in [6.45, 7) is 9.40. The maximum absolute atomic E-state index is 12.1. The van der Waals surface area contributed by atoms with Gasteiger partial charge in [0.05, 0.1) is 0 Å². The van der Waals surface area contributed by atoms with Gasteiger partial charge in [-0.05, 0) is 44.0 Å². The lowest BCUT2D eigenvalue weighted by molar-refractivity contribution is 0.191. The molecule has 116 valence electrons. The second-order valence-electron chi connectivity index (χ2n) is 5.66. The van der Waals surface area contributed by atoms with E-state index in [1.807, 2.05) is 24.0 Å². The van der Waals surface area contributed by atoms with Crippen molar-refractivity contribution in [2.24, 2.45) is 0 Å². The lowest BCUT2D eigenvalue weighted by Gasteiger charge is -2.37. The molecule has 1 aliphatic heterocycles. The Labute approximate surface area is 132 Å². The second kappa shape index (κ2) is 7.03. The van der Waals surface area contributed by atoms with E-state index >= 15 is 0 Å². The quantitative estimate of drug-likeness (QED) is 0.930. The summed E-state index contributed by atoms with van der Waals surface area (Å²) < 4.78 is 0. The molecule has 0 spiro atoms. The van der Waals surface area contributed by atoms with E-state index in [0.29, 0.717) is 0 Å². The zero-order valence-electron chi connectivity index (χ0n) is 13.0. The van der Waals surface area contributed by atoms with Crippen LogP contribution in [0, 0.1) is 6.92 Å². The third-order valence-electron chi connectivity index (χ3n) is 4.05. The first kappa shape index (κ1) is 16.0. The number of halogens is 1. The van der Waals surface area contributed by atoms with E-state index in [4.69, 9.17) is 11.6 Å². The van der Waals surface area contributed by atoms with Crippen molar-refractivity contribution in [3.05, 3.63) is 28.8 Å². The van der Waals surface area contributed by atoms with Gasteiger partial charge in [0, 0.05) is 42.9 Å². The van der Waals surface area contributed by atoms with E-state index in [1.165, 1.54) is 11.3 Å². The maximum Gasteiger partial charge on any atom is 0.317 e. The van der Waals surface area contributed by atoms with Crippen molar-refractivity contribution in [3.8, 4) is 0 Å². The van der Waals surface area contributed by atoms with Gasteiger partial charge in [-0.3, -0.25) is 0 Å². The van der Waals surface area contributed by atoms with Gasteiger partial charge >= 0.3 is 6.03 Å². The van der Waals surface area contributed by atoms with Crippen LogP contribution in [0.4, 0.5) is 10.5 Å². The van der Waals surface area contributed by atoms with Crippen LogP contribution in [0.2, 0.25) is 5.02 Å². The smallest absolute Gasteiger partial charge is 0.317 e. The summed E-state index contributed by atoms with van der Waals surface area (Å²) in [5.74, 6) is 0. The van der Waals surface area contributed by atoms with Crippen LogP contribution in [-0.2, 0) is 0 Å². The fourth-order valence-electron chi connectivity index (χ4n) is 2.53. The first-order valence-electron chi connectivity index (χ1n) is 7.57. The fourth-order valence-corrected chi connectivity index (χ4v) is 2.75. The third-order valence-corrected chi connectivity index (χ3v) is 4.28. The molecule has 1 N–H and O–H groups in total. The zero-order chi connectivity index (χ0) is 15.4. The van der Waals surface area contributed by atoms with Crippen molar-refractivity contribution in [3.63, 3.8) is 0 Å². The van der Waals surface area contributed by atoms with Gasteiger partial charge in [0.1, 0.15) is 0 Å². The topological polar surface area (TPSA) is 35.6 Å². The number of urea groups is 1. The lowest BCUT2D eigenvalue weighted by atomic mass is 10.1. The highest BCUT2D eigenvalue weighted by Gasteiger charge is 2.22. The summed E-state index contributed by atoms with van der Waals surface area (Å²) in [4.78, 5) is 16.3. The predicted octanol–water partition coefficient (Wildman–Crippen LogP) is 3.28. The zero-order valence-corrected chi connectivity index (χ0v) is 13.8. The van der Waals surface area contributed by atoms with E-state index in [9.17, 15) is 4.79 Å². The summed E-state index contributed by atoms with van der Waals surface area (Å²) in [6.07, 6.45) is 0.954. The number of carbonyl (C=O) groups is 1. The average Bonchev–Trinajstić information content (AvgIpc) is 2.47. The Morgan fingerprint density at radius 1 is 1.33 bits per heavy atom. The molecule has 1 fully saturated rings. The summed E-state index contributed by atoms with van der Waals surface area (Å²) in [5.41, 5.74) is 2.39. The van der Waals surface area contributed by atoms with Gasteiger partial charge in [-0.25, -0.2) is 4.79 Å². The number of nitrogens with one attached hydrogen (secondary N) is 1. The molecule has 0 bridgehead atoms. The first-order valence-corrected chi connectivity index (χ1v) is 7.95. The van der Waals surface area contributed by atoms with Gasteiger partial charge in [-0.15, -0.1) is 0 Å². The minimum atomic E-state index is 0.0526. The number of aryl methyl sites for hydroxylation is 1. The molecule has 1 atom stereocenters. The second-order valence-corrected chi connectivity index (χ2v) is 6.10. The molecule has 1 unspecified atom stereocenters. The highest BCUT2D eigenvalue weighted by atomic mass is 35.5. The Balaban J connectivity index is 1.92. The molecule has 0 aliphatic carbocycles. The van der Waals surface area contributed by atoms with Crippen molar-refractivity contribution in [1.82, 2.24) is 10.2 Å². The number of hydrogen-bond donors (Lipinski definition) is 1. The number of hydrogen-bond acceptors (Lipinski definition) is 2. The first-order chi connectivity index (χ1) is 10.0. The Morgan fingerprint density at radius 3 is 2.57 bits per heavy atom. The van der Waals surface area contributed by atoms with Gasteiger partial charge in [0.2, 0.25) is 0 Å². The molecule has 1 aromatic carbocycles. The number of benzene rings is 1. The van der Waals surface area contributed by atoms with Gasteiger partial charge in [0.15, 0.2) is 0 Å². The molecule has 0 saturated carbocycles. The average molecular weight is 310 g/mol. The summed E-state index contributed by atoms with van der Waals surface area (Å²) in [6, 6.07) is 6.25. The highest BCUT2D eigenvalue weighted by molar-refractivity contribution is 6.30. The van der Waals surface area contributed by atoms with Crippen molar-refractivity contribution in [2.45, 2.75) is 33.2 Å². The van der Waals surface area contributed by atoms with E-state index in [1.54, 1.807) is 0 Å². The van der Waals surface area contributed by atoms with Crippen molar-refractivity contribution in [1.29, 1.82) is 0 Å². The van der Waals surface area contributed by atoms with Crippen LogP contribution < -0.4 is 10.2 Å². The molecule has 5 heteroatoms. The molecule has 1 aromatic rings. The highest BCUT2D eigenvalue weighted by Crippen LogP contribution is 2.24. The van der Waals surface area contributed by atoms with E-state index < -0.39 is 0 Å². The van der Waals surface area contributed by atoms with Crippen molar-refractivity contribution < 1.29 is 4.79 Å². The fraction of sp³-hybridized carbons (Fsp3) is 0.562. The van der Waals surface area contributed by atoms with Crippen molar-refractivity contribution in [2.75, 3.05) is 31.1 Å². The number of carbonyl (C=O) groups excluding carboxylic acids is 1. The molecule has 1 saturated heterocycles. The molecule has 0 radical (unpaired) electrons. The minimum absolute atomic E-state index is 0.0526. The van der Waals surface area contributed by atoms with Crippen LogP contribution >= 0.6 is 11.6 Å². The summed E-state index contributed by atoms with van der Waals surface area (Å²) >= 11 is 6.00. The Kier molecular flexibility index (Phi) is 5.34. The third kappa shape index (κ3) is 4.03. The summed E-state index contributed by atoms with van der Waals surface area (Å²) in [7, 11) is 0. The van der Waals surface area contributed by atoms with E-state index in [-0.39, 0.29) is 12.1 Å². The molecule has 21 heavy (non-hydrogen) atoms. The molecule has 1 heterocycles. The van der Waals surface area contributed by atoms with Gasteiger partial charge < -0.3 is 15.1 Å². The van der Waals surface area contributed by atoms with E-state index in [2.05, 4.69) is 30.1 Å². The maximum atomic E-state index is 12.1. The van der Waals surface area contributed by atoms with Gasteiger partial charge in [0.25, 0.3) is 0 Å². The normalized spacial score (nSPS) is 16.8. The Hall–Kier alpha value is -1.42. The number of nitrogens with zero attached hydrogens (tertiary/aromatic N) is 2. The van der Waals surface area contributed by atoms with Crippen LogP contribution in [0.3, 0.4) is 0 Å². The lowest BCUT2D eigenvalue weighted by Crippen LogP contribution is -2.53. The standard InChI is InChI=1S/C16H24ClN3O/c1-4-13(3)18-16(21)20-9-7-19(8-10-20)15-6-5-14(17)11-12(15)2/h5-6,11,13H,4,7-10H2,1-3H3,(H,18,21). The molecule has 2 amide bonds. The number of anilines is 1. The molecular formula is C16H24ClN3O. The Morgan fingerprint density at radius 2 is 2.00 bits per heavy atom. The largest absolute Gasteiger partial charge is 0.368 e. The van der Waals surface area contributed by atoms with Crippen LogP contribution in [0.15, 0.2) is 18.2 Å². The number of amides is 2. The summed E-state index contributed by atoms with van der Waals surface area (Å²) in [5, 5.41) is 3.79. The molecule has 1 aliphatic rings. The Bertz CT molecular complexity index is 498. The number of rotatable bonds is 3. The van der Waals surface area contributed by atoms with Crippen LogP contribution in [0.25, 0.3) is 0 Å². The SMILES string of the molecule is CCC(C)NC(=O)N1CCN(c2ccc(Cl)cc2C)CC1. The molecule has 0 aromatic heterocycles. The minimum Gasteiger partial charge on any atom is -0.368 e. The van der Waals surface area contributed by atoms with Gasteiger partial charge in [-0.1, -0.05) is 18.5 Å². The number of piperazine rings is 1. The van der Waals surface area contributed by atoms with Crippen molar-refractivity contribution >= 4 is 23.3 Å².